The maximum absolute atomic E-state index is 4.25. The molecule has 0 aliphatic carbocycles. The van der Waals surface area contributed by atoms with Crippen LogP contribution in [0.4, 0.5) is 0 Å². The number of benzene rings is 1. The molecular weight excluding hydrogens is 387 g/mol. The van der Waals surface area contributed by atoms with Crippen LogP contribution >= 0.6 is 24.0 Å². The number of nitrogens with one attached hydrogen (secondary N) is 2. The van der Waals surface area contributed by atoms with Crippen LogP contribution < -0.4 is 10.6 Å². The highest BCUT2D eigenvalue weighted by atomic mass is 127. The monoisotopic (exact) mass is 418 g/mol. The summed E-state index contributed by atoms with van der Waals surface area (Å²) in [6.07, 6.45) is 2.37. The molecule has 0 aliphatic rings. The second-order valence-corrected chi connectivity index (χ2v) is 5.48. The Hall–Kier alpha value is -0.820. The van der Waals surface area contributed by atoms with Crippen LogP contribution in [0.5, 0.6) is 0 Å². The van der Waals surface area contributed by atoms with Gasteiger partial charge in [0, 0.05) is 32.7 Å². The molecule has 1 rings (SSSR count). The molecule has 2 N–H and O–H groups in total. The van der Waals surface area contributed by atoms with Crippen molar-refractivity contribution in [3.63, 3.8) is 0 Å². The summed E-state index contributed by atoms with van der Waals surface area (Å²) in [6, 6.07) is 11.0. The van der Waals surface area contributed by atoms with Crippen molar-refractivity contribution in [3.05, 3.63) is 35.9 Å². The molecule has 0 saturated heterocycles. The van der Waals surface area contributed by atoms with Crippen molar-refractivity contribution in [2.75, 3.05) is 27.2 Å². The number of hydrogen-bond donors (Lipinski definition) is 2. The van der Waals surface area contributed by atoms with E-state index >= 15 is 0 Å². The molecular formula is C17H31IN4. The van der Waals surface area contributed by atoms with Crippen molar-refractivity contribution >= 4 is 29.9 Å². The van der Waals surface area contributed by atoms with E-state index in [0.717, 1.165) is 25.6 Å². The summed E-state index contributed by atoms with van der Waals surface area (Å²) < 4.78 is 0. The summed E-state index contributed by atoms with van der Waals surface area (Å²) in [5.74, 6) is 0.892. The Bertz CT molecular complexity index is 408. The lowest BCUT2D eigenvalue weighted by atomic mass is 10.2. The molecule has 1 aromatic carbocycles. The molecule has 126 valence electrons. The smallest absolute Gasteiger partial charge is 0.191 e. The Kier molecular flexibility index (Phi) is 12.2. The van der Waals surface area contributed by atoms with Crippen LogP contribution in [0.2, 0.25) is 0 Å². The first-order valence-electron chi connectivity index (χ1n) is 7.86. The average Bonchev–Trinajstić information content (AvgIpc) is 2.51. The number of aliphatic imine (C=N–C) groups is 1. The van der Waals surface area contributed by atoms with Crippen molar-refractivity contribution in [2.45, 2.75) is 39.3 Å². The van der Waals surface area contributed by atoms with Gasteiger partial charge in [-0.1, -0.05) is 43.7 Å². The van der Waals surface area contributed by atoms with Gasteiger partial charge >= 0.3 is 0 Å². The highest BCUT2D eigenvalue weighted by Crippen LogP contribution is 2.05. The summed E-state index contributed by atoms with van der Waals surface area (Å²) in [7, 11) is 3.98. The van der Waals surface area contributed by atoms with E-state index in [1.54, 1.807) is 0 Å². The number of guanidine groups is 1. The molecule has 22 heavy (non-hydrogen) atoms. The van der Waals surface area contributed by atoms with Crippen LogP contribution in [0.15, 0.2) is 35.3 Å². The molecule has 0 radical (unpaired) electrons. The predicted octanol–water partition coefficient (Wildman–Crippen LogP) is 3.09. The van der Waals surface area contributed by atoms with E-state index in [1.807, 2.05) is 7.05 Å². The third-order valence-electron chi connectivity index (χ3n) is 3.64. The first kappa shape index (κ1) is 21.2. The van der Waals surface area contributed by atoms with Crippen LogP contribution in [0.1, 0.15) is 32.3 Å². The summed E-state index contributed by atoms with van der Waals surface area (Å²) in [5, 5.41) is 6.73. The number of nitrogens with zero attached hydrogens (tertiary/aromatic N) is 2. The van der Waals surface area contributed by atoms with Gasteiger partial charge in [0.2, 0.25) is 0 Å². The molecule has 0 aliphatic heterocycles. The first-order chi connectivity index (χ1) is 10.2. The maximum Gasteiger partial charge on any atom is 0.191 e. The molecule has 0 spiro atoms. The van der Waals surface area contributed by atoms with E-state index in [9.17, 15) is 0 Å². The third-order valence-corrected chi connectivity index (χ3v) is 3.64. The van der Waals surface area contributed by atoms with Gasteiger partial charge in [0.15, 0.2) is 5.96 Å². The standard InChI is InChI=1S/C17H30N4.HI/c1-5-6-12-19-17(18-3)20-13-15(2)21(4)14-16-10-8-7-9-11-16;/h7-11,15H,5-6,12-14H2,1-4H3,(H2,18,19,20);1H. The number of rotatable bonds is 8. The van der Waals surface area contributed by atoms with Gasteiger partial charge in [-0.2, -0.15) is 0 Å². The minimum atomic E-state index is 0. The zero-order valence-electron chi connectivity index (χ0n) is 14.3. The number of hydrogen-bond acceptors (Lipinski definition) is 2. The minimum Gasteiger partial charge on any atom is -0.356 e. The highest BCUT2D eigenvalue weighted by Gasteiger charge is 2.10. The molecule has 1 atom stereocenters. The molecule has 0 aromatic heterocycles. The summed E-state index contributed by atoms with van der Waals surface area (Å²) >= 11 is 0. The number of unbranched alkanes of at least 4 members (excludes halogenated alkanes) is 1. The molecule has 0 heterocycles. The first-order valence-corrected chi connectivity index (χ1v) is 7.86. The number of likely N-dealkylation sites (N-methyl/N-ethyl adjacent to an activating group) is 1. The largest absolute Gasteiger partial charge is 0.356 e. The predicted molar refractivity (Wildman–Crippen MR) is 107 cm³/mol. The molecule has 5 heteroatoms. The molecule has 0 fully saturated rings. The Balaban J connectivity index is 0.00000441. The fraction of sp³-hybridized carbons (Fsp3) is 0.588. The van der Waals surface area contributed by atoms with Gasteiger partial charge in [-0.05, 0) is 26.0 Å². The van der Waals surface area contributed by atoms with E-state index < -0.39 is 0 Å². The molecule has 0 bridgehead atoms. The van der Waals surface area contributed by atoms with Gasteiger partial charge in [0.1, 0.15) is 0 Å². The summed E-state index contributed by atoms with van der Waals surface area (Å²) in [5.41, 5.74) is 1.34. The highest BCUT2D eigenvalue weighted by molar-refractivity contribution is 14.0. The zero-order valence-corrected chi connectivity index (χ0v) is 16.6. The topological polar surface area (TPSA) is 39.7 Å². The second-order valence-electron chi connectivity index (χ2n) is 5.48. The Labute approximate surface area is 152 Å². The molecule has 0 saturated carbocycles. The third kappa shape index (κ3) is 8.58. The zero-order chi connectivity index (χ0) is 15.5. The second kappa shape index (κ2) is 12.7. The van der Waals surface area contributed by atoms with Crippen molar-refractivity contribution in [2.24, 2.45) is 4.99 Å². The lowest BCUT2D eigenvalue weighted by Gasteiger charge is -2.25. The van der Waals surface area contributed by atoms with E-state index in [0.29, 0.717) is 6.04 Å². The number of halogens is 1. The van der Waals surface area contributed by atoms with Crippen molar-refractivity contribution in [1.29, 1.82) is 0 Å². The van der Waals surface area contributed by atoms with Gasteiger partial charge in [-0.3, -0.25) is 9.89 Å². The van der Waals surface area contributed by atoms with Crippen LogP contribution in [-0.4, -0.2) is 44.1 Å². The van der Waals surface area contributed by atoms with Crippen LogP contribution in [0.3, 0.4) is 0 Å². The van der Waals surface area contributed by atoms with Crippen LogP contribution in [-0.2, 0) is 6.54 Å². The fourth-order valence-electron chi connectivity index (χ4n) is 2.03. The Morgan fingerprint density at radius 3 is 2.50 bits per heavy atom. The van der Waals surface area contributed by atoms with Crippen LogP contribution in [0.25, 0.3) is 0 Å². The van der Waals surface area contributed by atoms with Gasteiger partial charge in [0.25, 0.3) is 0 Å². The fourth-order valence-corrected chi connectivity index (χ4v) is 2.03. The normalized spacial score (nSPS) is 12.7. The lowest BCUT2D eigenvalue weighted by Crippen LogP contribution is -2.44. The van der Waals surface area contributed by atoms with Gasteiger partial charge in [-0.25, -0.2) is 0 Å². The molecule has 4 nitrogen and oxygen atoms in total. The molecule has 1 aromatic rings. The van der Waals surface area contributed by atoms with E-state index in [-0.39, 0.29) is 24.0 Å². The van der Waals surface area contributed by atoms with Crippen molar-refractivity contribution in [3.8, 4) is 0 Å². The quantitative estimate of drug-likeness (QED) is 0.295. The average molecular weight is 418 g/mol. The Morgan fingerprint density at radius 1 is 1.23 bits per heavy atom. The van der Waals surface area contributed by atoms with Crippen molar-refractivity contribution in [1.82, 2.24) is 15.5 Å². The van der Waals surface area contributed by atoms with Crippen molar-refractivity contribution < 1.29 is 0 Å². The minimum absolute atomic E-state index is 0. The van der Waals surface area contributed by atoms with Gasteiger partial charge < -0.3 is 10.6 Å². The molecule has 1 unspecified atom stereocenters. The lowest BCUT2D eigenvalue weighted by molar-refractivity contribution is 0.249. The van der Waals surface area contributed by atoms with Crippen LogP contribution in [0, 0.1) is 0 Å². The van der Waals surface area contributed by atoms with E-state index in [2.05, 4.69) is 71.8 Å². The summed E-state index contributed by atoms with van der Waals surface area (Å²) in [6.45, 7) is 7.25. The van der Waals surface area contributed by atoms with Gasteiger partial charge in [0.05, 0.1) is 0 Å². The van der Waals surface area contributed by atoms with Gasteiger partial charge in [-0.15, -0.1) is 24.0 Å². The van der Waals surface area contributed by atoms with E-state index in [1.165, 1.54) is 18.4 Å². The summed E-state index contributed by atoms with van der Waals surface area (Å²) in [4.78, 5) is 6.60. The maximum atomic E-state index is 4.25. The SMILES string of the molecule is CCCCNC(=NC)NCC(C)N(C)Cc1ccccc1.I. The van der Waals surface area contributed by atoms with E-state index in [4.69, 9.17) is 0 Å². The molecule has 0 amide bonds. The Morgan fingerprint density at radius 2 is 1.91 bits per heavy atom.